The first-order valence-corrected chi connectivity index (χ1v) is 6.32. The normalized spacial score (nSPS) is 18.5. The second-order valence-corrected chi connectivity index (χ2v) is 5.04. The largest absolute Gasteiger partial charge is 0.507 e. The molecule has 0 aromatic heterocycles. The highest BCUT2D eigenvalue weighted by Gasteiger charge is 2.24. The lowest BCUT2D eigenvalue weighted by Gasteiger charge is -2.32. The smallest absolute Gasteiger partial charge is 0.125 e. The van der Waals surface area contributed by atoms with Gasteiger partial charge in [-0.1, -0.05) is 0 Å². The van der Waals surface area contributed by atoms with Crippen molar-refractivity contribution >= 4 is 16.5 Å². The third-order valence-corrected chi connectivity index (χ3v) is 3.75. The predicted octanol–water partition coefficient (Wildman–Crippen LogP) is 1.91. The fourth-order valence-corrected chi connectivity index (χ4v) is 2.83. The highest BCUT2D eigenvalue weighted by Crippen LogP contribution is 2.39. The van der Waals surface area contributed by atoms with Gasteiger partial charge in [0.05, 0.1) is 13.2 Å². The number of hydrogen-bond acceptors (Lipinski definition) is 4. The number of likely N-dealkylation sites (N-methyl/N-ethyl adjacent to an activating group) is 1. The lowest BCUT2D eigenvalue weighted by molar-refractivity contribution is 0.177. The van der Waals surface area contributed by atoms with Crippen LogP contribution >= 0.6 is 0 Å². The standard InChI is InChI=1S/C15H17NO3/c1-16-8-9(17)5-13-12-6-10(19-2)3-4-11(12)15(18)7-14(13)16/h3-4,6-7,9,17-18H,5,8H2,1-2H3/t9-/m0/s1. The number of phenols is 1. The fraction of sp³-hybridized carbons (Fsp3) is 0.333. The molecule has 4 nitrogen and oxygen atoms in total. The molecule has 2 aromatic carbocycles. The van der Waals surface area contributed by atoms with Crippen molar-refractivity contribution in [3.63, 3.8) is 0 Å². The molecule has 4 heteroatoms. The Labute approximate surface area is 111 Å². The van der Waals surface area contributed by atoms with Crippen molar-refractivity contribution in [1.29, 1.82) is 0 Å². The summed E-state index contributed by atoms with van der Waals surface area (Å²) >= 11 is 0. The highest BCUT2D eigenvalue weighted by atomic mass is 16.5. The molecule has 0 saturated heterocycles. The van der Waals surface area contributed by atoms with Crippen LogP contribution in [-0.2, 0) is 6.42 Å². The number of β-amino-alcohol motifs (C(OH)–C–C–N with tert-alkyl or cyclic N) is 1. The first-order chi connectivity index (χ1) is 9.10. The first-order valence-electron chi connectivity index (χ1n) is 6.32. The molecule has 0 fully saturated rings. The van der Waals surface area contributed by atoms with Crippen molar-refractivity contribution in [2.45, 2.75) is 12.5 Å². The summed E-state index contributed by atoms with van der Waals surface area (Å²) in [5.74, 6) is 1.02. The van der Waals surface area contributed by atoms with Crippen LogP contribution in [0.15, 0.2) is 24.3 Å². The van der Waals surface area contributed by atoms with Crippen LogP contribution in [0.2, 0.25) is 0 Å². The van der Waals surface area contributed by atoms with Gasteiger partial charge in [-0.05, 0) is 29.1 Å². The molecule has 19 heavy (non-hydrogen) atoms. The molecule has 2 N–H and O–H groups in total. The van der Waals surface area contributed by atoms with Crippen LogP contribution < -0.4 is 9.64 Å². The van der Waals surface area contributed by atoms with Crippen LogP contribution in [0.4, 0.5) is 5.69 Å². The monoisotopic (exact) mass is 259 g/mol. The Bertz CT molecular complexity index is 639. The quantitative estimate of drug-likeness (QED) is 0.821. The van der Waals surface area contributed by atoms with E-state index in [-0.39, 0.29) is 11.9 Å². The number of fused-ring (bicyclic) bond motifs is 3. The Kier molecular flexibility index (Phi) is 2.75. The number of aromatic hydroxyl groups is 1. The van der Waals surface area contributed by atoms with E-state index in [1.807, 2.05) is 30.1 Å². The second-order valence-electron chi connectivity index (χ2n) is 5.04. The Morgan fingerprint density at radius 3 is 2.79 bits per heavy atom. The van der Waals surface area contributed by atoms with Crippen LogP contribution in [0.25, 0.3) is 10.8 Å². The molecule has 0 aliphatic carbocycles. The Morgan fingerprint density at radius 2 is 2.05 bits per heavy atom. The molecule has 2 aromatic rings. The van der Waals surface area contributed by atoms with Gasteiger partial charge in [-0.3, -0.25) is 0 Å². The number of methoxy groups -OCH3 is 1. The number of aliphatic hydroxyl groups is 1. The van der Waals surface area contributed by atoms with Gasteiger partial charge in [-0.15, -0.1) is 0 Å². The van der Waals surface area contributed by atoms with Crippen LogP contribution in [0.3, 0.4) is 0 Å². The molecular formula is C15H17NO3. The van der Waals surface area contributed by atoms with E-state index < -0.39 is 0 Å². The SMILES string of the molecule is COc1ccc2c(O)cc3c(c2c1)C[C@H](O)CN3C. The molecular weight excluding hydrogens is 242 g/mol. The van der Waals surface area contributed by atoms with E-state index in [0.29, 0.717) is 13.0 Å². The number of anilines is 1. The molecule has 0 saturated carbocycles. The van der Waals surface area contributed by atoms with Gasteiger partial charge in [0.2, 0.25) is 0 Å². The predicted molar refractivity (Wildman–Crippen MR) is 75.1 cm³/mol. The van der Waals surface area contributed by atoms with Gasteiger partial charge >= 0.3 is 0 Å². The maximum absolute atomic E-state index is 10.1. The van der Waals surface area contributed by atoms with Crippen molar-refractivity contribution in [2.75, 3.05) is 25.6 Å². The van der Waals surface area contributed by atoms with E-state index in [4.69, 9.17) is 4.74 Å². The van der Waals surface area contributed by atoms with Crippen molar-refractivity contribution in [2.24, 2.45) is 0 Å². The molecule has 0 radical (unpaired) electrons. The van der Waals surface area contributed by atoms with Crippen LogP contribution in [0.5, 0.6) is 11.5 Å². The summed E-state index contributed by atoms with van der Waals surface area (Å²) in [6, 6.07) is 7.37. The molecule has 0 bridgehead atoms. The van der Waals surface area contributed by atoms with Gasteiger partial charge in [0.25, 0.3) is 0 Å². The highest BCUT2D eigenvalue weighted by molar-refractivity contribution is 5.96. The van der Waals surface area contributed by atoms with Crippen LogP contribution in [0, 0.1) is 0 Å². The summed E-state index contributed by atoms with van der Waals surface area (Å²) in [5.41, 5.74) is 2.04. The average molecular weight is 259 g/mol. The molecule has 1 atom stereocenters. The zero-order chi connectivity index (χ0) is 13.6. The van der Waals surface area contributed by atoms with Gasteiger partial charge in [-0.2, -0.15) is 0 Å². The molecule has 1 heterocycles. The molecule has 1 aliphatic heterocycles. The van der Waals surface area contributed by atoms with E-state index in [1.165, 1.54) is 0 Å². The Morgan fingerprint density at radius 1 is 1.26 bits per heavy atom. The molecule has 0 unspecified atom stereocenters. The van der Waals surface area contributed by atoms with Gasteiger partial charge in [0.15, 0.2) is 0 Å². The summed E-state index contributed by atoms with van der Waals surface area (Å²) in [4.78, 5) is 1.97. The molecule has 100 valence electrons. The van der Waals surface area contributed by atoms with Crippen molar-refractivity contribution in [3.8, 4) is 11.5 Å². The zero-order valence-corrected chi connectivity index (χ0v) is 11.1. The van der Waals surface area contributed by atoms with E-state index in [1.54, 1.807) is 13.2 Å². The minimum Gasteiger partial charge on any atom is -0.507 e. The molecule has 0 amide bonds. The average Bonchev–Trinajstić information content (AvgIpc) is 2.40. The van der Waals surface area contributed by atoms with Gasteiger partial charge < -0.3 is 19.8 Å². The topological polar surface area (TPSA) is 52.9 Å². The zero-order valence-electron chi connectivity index (χ0n) is 11.1. The van der Waals surface area contributed by atoms with Crippen molar-refractivity contribution in [1.82, 2.24) is 0 Å². The van der Waals surface area contributed by atoms with Gasteiger partial charge in [0, 0.05) is 37.2 Å². The van der Waals surface area contributed by atoms with E-state index in [2.05, 4.69) is 0 Å². The summed E-state index contributed by atoms with van der Waals surface area (Å²) in [5, 5.41) is 21.8. The van der Waals surface area contributed by atoms with Crippen molar-refractivity contribution < 1.29 is 14.9 Å². The summed E-state index contributed by atoms with van der Waals surface area (Å²) in [7, 11) is 3.55. The number of hydrogen-bond donors (Lipinski definition) is 2. The summed E-state index contributed by atoms with van der Waals surface area (Å²) < 4.78 is 5.25. The van der Waals surface area contributed by atoms with Gasteiger partial charge in [-0.25, -0.2) is 0 Å². The molecule has 3 rings (SSSR count). The Balaban J connectivity index is 2.32. The molecule has 0 spiro atoms. The second kappa shape index (κ2) is 4.31. The lowest BCUT2D eigenvalue weighted by atomic mass is 9.93. The third kappa shape index (κ3) is 1.88. The number of nitrogens with zero attached hydrogens (tertiary/aromatic N) is 1. The number of rotatable bonds is 1. The maximum Gasteiger partial charge on any atom is 0.125 e. The minimum atomic E-state index is -0.378. The summed E-state index contributed by atoms with van der Waals surface area (Å²) in [6.45, 7) is 0.585. The van der Waals surface area contributed by atoms with Crippen LogP contribution in [0.1, 0.15) is 5.56 Å². The van der Waals surface area contributed by atoms with Crippen LogP contribution in [-0.4, -0.2) is 37.0 Å². The number of phenolic OH excluding ortho intramolecular Hbond substituents is 1. The van der Waals surface area contributed by atoms with E-state index in [9.17, 15) is 10.2 Å². The van der Waals surface area contributed by atoms with Crippen molar-refractivity contribution in [3.05, 3.63) is 29.8 Å². The summed E-state index contributed by atoms with van der Waals surface area (Å²) in [6.07, 6.45) is 0.223. The number of aliphatic hydroxyl groups excluding tert-OH is 1. The van der Waals surface area contributed by atoms with E-state index >= 15 is 0 Å². The number of benzene rings is 2. The number of ether oxygens (including phenoxy) is 1. The Hall–Kier alpha value is -1.94. The maximum atomic E-state index is 10.1. The fourth-order valence-electron chi connectivity index (χ4n) is 2.83. The first kappa shape index (κ1) is 12.1. The lowest BCUT2D eigenvalue weighted by Crippen LogP contribution is -2.35. The van der Waals surface area contributed by atoms with E-state index in [0.717, 1.165) is 27.8 Å². The minimum absolute atomic E-state index is 0.264. The molecule has 1 aliphatic rings. The third-order valence-electron chi connectivity index (χ3n) is 3.75. The van der Waals surface area contributed by atoms with Gasteiger partial charge in [0.1, 0.15) is 11.5 Å².